The van der Waals surface area contributed by atoms with Crippen LogP contribution in [-0.2, 0) is 9.59 Å². The summed E-state index contributed by atoms with van der Waals surface area (Å²) in [5.74, 6) is -0.595. The van der Waals surface area contributed by atoms with E-state index in [1.165, 1.54) is 6.07 Å². The van der Waals surface area contributed by atoms with Gasteiger partial charge in [0.1, 0.15) is 5.75 Å². The van der Waals surface area contributed by atoms with Crippen LogP contribution in [-0.4, -0.2) is 33.4 Å². The van der Waals surface area contributed by atoms with Crippen molar-refractivity contribution in [3.8, 4) is 11.5 Å². The van der Waals surface area contributed by atoms with Crippen LogP contribution in [0, 0.1) is 20.2 Å². The molecule has 0 fully saturated rings. The number of ketones is 2. The molecule has 1 aliphatic heterocycles. The largest absolute Gasteiger partial charge is 0.450 e. The van der Waals surface area contributed by atoms with E-state index in [4.69, 9.17) is 4.74 Å². The molecule has 0 aromatic heterocycles. The molecule has 1 heterocycles. The van der Waals surface area contributed by atoms with Gasteiger partial charge in [-0.25, -0.2) is 0 Å². The number of nitro benzene ring substituents is 2. The molecule has 0 radical (unpaired) electrons. The van der Waals surface area contributed by atoms with E-state index in [2.05, 4.69) is 0 Å². The van der Waals surface area contributed by atoms with Crippen LogP contribution < -0.4 is 4.74 Å². The van der Waals surface area contributed by atoms with Crippen LogP contribution in [0.15, 0.2) is 65.0 Å². The Morgan fingerprint density at radius 1 is 0.833 bits per heavy atom. The summed E-state index contributed by atoms with van der Waals surface area (Å²) in [6, 6.07) is 10.0. The number of Topliss-reactive ketones (excluding diaryl/α,β-unsaturated/α-hetero) is 2. The van der Waals surface area contributed by atoms with Crippen LogP contribution in [0.25, 0.3) is 0 Å². The van der Waals surface area contributed by atoms with Crippen LogP contribution in [0.5, 0.6) is 11.5 Å². The third-order valence-electron chi connectivity index (χ3n) is 7.04. The highest BCUT2D eigenvalue weighted by atomic mass is 16.6. The van der Waals surface area contributed by atoms with E-state index in [0.717, 1.165) is 49.2 Å². The molecule has 10 nitrogen and oxygen atoms in total. The molecule has 36 heavy (non-hydrogen) atoms. The van der Waals surface area contributed by atoms with E-state index < -0.39 is 27.1 Å². The Morgan fingerprint density at radius 2 is 1.44 bits per heavy atom. The maximum absolute atomic E-state index is 13.2. The average molecular weight is 489 g/mol. The molecule has 0 bridgehead atoms. The summed E-state index contributed by atoms with van der Waals surface area (Å²) in [5, 5.41) is 22.8. The minimum Gasteiger partial charge on any atom is -0.450 e. The van der Waals surface area contributed by atoms with E-state index in [1.54, 1.807) is 24.3 Å². The summed E-state index contributed by atoms with van der Waals surface area (Å²) < 4.78 is 6.00. The quantitative estimate of drug-likeness (QED) is 0.406. The molecular formula is C26H23N3O7. The summed E-state index contributed by atoms with van der Waals surface area (Å²) in [4.78, 5) is 49.8. The highest BCUT2D eigenvalue weighted by Gasteiger charge is 2.43. The number of rotatable bonds is 5. The summed E-state index contributed by atoms with van der Waals surface area (Å²) in [7, 11) is 1.90. The van der Waals surface area contributed by atoms with Crippen molar-refractivity contribution < 1.29 is 24.2 Å². The zero-order valence-corrected chi connectivity index (χ0v) is 19.6. The zero-order valence-electron chi connectivity index (χ0n) is 19.6. The van der Waals surface area contributed by atoms with Gasteiger partial charge in [0.2, 0.25) is 5.75 Å². The second kappa shape index (κ2) is 9.03. The number of allylic oxidation sites excluding steroid dienone is 4. The molecule has 3 aliphatic rings. The van der Waals surface area contributed by atoms with E-state index in [-0.39, 0.29) is 23.1 Å². The van der Waals surface area contributed by atoms with Crippen molar-refractivity contribution in [1.82, 2.24) is 4.90 Å². The molecule has 184 valence electrons. The Morgan fingerprint density at radius 3 is 2.03 bits per heavy atom. The molecule has 0 atom stereocenters. The number of nitro groups is 2. The molecule has 0 unspecified atom stereocenters. The number of carbonyl (C=O) groups is 2. The number of hydrogen-bond donors (Lipinski definition) is 0. The lowest BCUT2D eigenvalue weighted by Crippen LogP contribution is -2.37. The Hall–Kier alpha value is -4.34. The number of ether oxygens (including phenoxy) is 1. The Labute approximate surface area is 206 Å². The fourth-order valence-electron chi connectivity index (χ4n) is 5.44. The topological polar surface area (TPSA) is 133 Å². The second-order valence-electron chi connectivity index (χ2n) is 9.07. The third kappa shape index (κ3) is 3.84. The van der Waals surface area contributed by atoms with Gasteiger partial charge in [0.05, 0.1) is 15.9 Å². The van der Waals surface area contributed by atoms with E-state index in [9.17, 15) is 29.8 Å². The summed E-state index contributed by atoms with van der Waals surface area (Å²) in [6.45, 7) is 0. The van der Waals surface area contributed by atoms with Crippen LogP contribution >= 0.6 is 0 Å². The molecular weight excluding hydrogens is 466 g/mol. The Balaban J connectivity index is 1.67. The highest BCUT2D eigenvalue weighted by Crippen LogP contribution is 2.51. The summed E-state index contributed by atoms with van der Waals surface area (Å²) in [6.07, 6.45) is 3.68. The smallest absolute Gasteiger partial charge is 0.318 e. The van der Waals surface area contributed by atoms with Crippen molar-refractivity contribution >= 4 is 22.9 Å². The molecule has 2 aromatic rings. The maximum atomic E-state index is 13.2. The Bertz CT molecular complexity index is 1350. The van der Waals surface area contributed by atoms with Gasteiger partial charge in [-0.2, -0.15) is 0 Å². The maximum Gasteiger partial charge on any atom is 0.318 e. The van der Waals surface area contributed by atoms with E-state index in [1.807, 2.05) is 11.9 Å². The first-order valence-corrected chi connectivity index (χ1v) is 11.7. The van der Waals surface area contributed by atoms with Gasteiger partial charge in [-0.15, -0.1) is 0 Å². The number of para-hydroxylation sites is 1. The summed E-state index contributed by atoms with van der Waals surface area (Å²) in [5.41, 5.74) is 2.54. The minimum absolute atomic E-state index is 0.0193. The highest BCUT2D eigenvalue weighted by molar-refractivity contribution is 6.06. The fourth-order valence-corrected chi connectivity index (χ4v) is 5.44. The molecule has 0 saturated heterocycles. The monoisotopic (exact) mass is 489 g/mol. The van der Waals surface area contributed by atoms with Crippen molar-refractivity contribution in [3.05, 3.63) is 90.8 Å². The summed E-state index contributed by atoms with van der Waals surface area (Å²) >= 11 is 0. The lowest BCUT2D eigenvalue weighted by Gasteiger charge is -2.42. The Kier molecular flexibility index (Phi) is 5.87. The van der Waals surface area contributed by atoms with E-state index in [0.29, 0.717) is 29.6 Å². The molecule has 0 saturated carbocycles. The molecule has 2 aromatic carbocycles. The van der Waals surface area contributed by atoms with E-state index >= 15 is 0 Å². The molecule has 0 N–H and O–H groups in total. The van der Waals surface area contributed by atoms with Crippen molar-refractivity contribution in [2.24, 2.45) is 0 Å². The molecule has 0 amide bonds. The van der Waals surface area contributed by atoms with Crippen LogP contribution in [0.4, 0.5) is 11.4 Å². The molecule has 5 rings (SSSR count). The predicted octanol–water partition coefficient (Wildman–Crippen LogP) is 5.34. The lowest BCUT2D eigenvalue weighted by atomic mass is 9.71. The van der Waals surface area contributed by atoms with Gasteiger partial charge in [-0.05, 0) is 37.8 Å². The first kappa shape index (κ1) is 23.4. The van der Waals surface area contributed by atoms with Crippen LogP contribution in [0.2, 0.25) is 0 Å². The van der Waals surface area contributed by atoms with Gasteiger partial charge in [0.15, 0.2) is 11.6 Å². The standard InChI is InChI=1S/C26H23N3O7/c1-27-17-7-4-9-20(30)25(17)24(26-18(27)8-5-10-21(26)31)16-6-2-3-11-22(16)36-23-13-12-15(28(32)33)14-19(23)29(34)35/h2-3,6,11-14,24H,4-5,7-10H2,1H3. The average Bonchev–Trinajstić information content (AvgIpc) is 2.86. The van der Waals surface area contributed by atoms with Gasteiger partial charge in [0, 0.05) is 60.0 Å². The van der Waals surface area contributed by atoms with Gasteiger partial charge < -0.3 is 9.64 Å². The van der Waals surface area contributed by atoms with Crippen molar-refractivity contribution in [3.63, 3.8) is 0 Å². The first-order chi connectivity index (χ1) is 17.3. The predicted molar refractivity (Wildman–Crippen MR) is 129 cm³/mol. The molecule has 0 spiro atoms. The van der Waals surface area contributed by atoms with Crippen LogP contribution in [0.1, 0.15) is 50.0 Å². The number of non-ortho nitro benzene ring substituents is 1. The van der Waals surface area contributed by atoms with Gasteiger partial charge >= 0.3 is 5.69 Å². The minimum atomic E-state index is -0.739. The number of carbonyl (C=O) groups excluding carboxylic acids is 2. The molecule has 2 aliphatic carbocycles. The van der Waals surface area contributed by atoms with Gasteiger partial charge in [0.25, 0.3) is 5.69 Å². The lowest BCUT2D eigenvalue weighted by molar-refractivity contribution is -0.394. The van der Waals surface area contributed by atoms with Crippen molar-refractivity contribution in [1.29, 1.82) is 0 Å². The number of benzene rings is 2. The van der Waals surface area contributed by atoms with Gasteiger partial charge in [-0.3, -0.25) is 29.8 Å². The second-order valence-corrected chi connectivity index (χ2v) is 9.07. The SMILES string of the molecule is CN1C2=C(C(=O)CCC2)C(c2ccccc2Oc2ccc([N+](=O)[O-])cc2[N+](=O)[O-])C2=C1CCCC2=O. The fraction of sp³-hybridized carbons (Fsp3) is 0.308. The van der Waals surface area contributed by atoms with Crippen LogP contribution in [0.3, 0.4) is 0 Å². The number of nitrogens with zero attached hydrogens (tertiary/aromatic N) is 3. The molecule has 10 heteroatoms. The van der Waals surface area contributed by atoms with Crippen molar-refractivity contribution in [2.75, 3.05) is 7.05 Å². The normalized spacial score (nSPS) is 18.2. The number of hydrogen-bond acceptors (Lipinski definition) is 8. The van der Waals surface area contributed by atoms with Crippen molar-refractivity contribution in [2.45, 2.75) is 44.4 Å². The third-order valence-corrected chi connectivity index (χ3v) is 7.04. The van der Waals surface area contributed by atoms with Gasteiger partial charge in [-0.1, -0.05) is 18.2 Å². The zero-order chi connectivity index (χ0) is 25.6. The first-order valence-electron chi connectivity index (χ1n) is 11.7.